The lowest BCUT2D eigenvalue weighted by molar-refractivity contribution is 0.631. The summed E-state index contributed by atoms with van der Waals surface area (Å²) in [6, 6.07) is 1.96. The van der Waals surface area contributed by atoms with Crippen LogP contribution in [0.15, 0.2) is 21.8 Å². The van der Waals surface area contributed by atoms with Crippen LogP contribution in [0.3, 0.4) is 0 Å². The Morgan fingerprint density at radius 1 is 1.29 bits per heavy atom. The van der Waals surface area contributed by atoms with Gasteiger partial charge in [0.1, 0.15) is 11.4 Å². The lowest BCUT2D eigenvalue weighted by atomic mass is 10.1. The van der Waals surface area contributed by atoms with Gasteiger partial charge in [0, 0.05) is 11.2 Å². The van der Waals surface area contributed by atoms with Crippen LogP contribution in [0.1, 0.15) is 26.5 Å². The predicted molar refractivity (Wildman–Crippen MR) is 82.9 cm³/mol. The lowest BCUT2D eigenvalue weighted by Gasteiger charge is -2.18. The van der Waals surface area contributed by atoms with Crippen LogP contribution < -0.4 is 5.32 Å². The predicted octanol–water partition coefficient (Wildman–Crippen LogP) is 2.65. The molecule has 9 heteroatoms. The molecule has 3 heterocycles. The van der Waals surface area contributed by atoms with Crippen LogP contribution in [0.2, 0.25) is 0 Å². The number of rotatable bonds is 3. The van der Waals surface area contributed by atoms with E-state index >= 15 is 0 Å². The second-order valence-corrected chi connectivity index (χ2v) is 7.80. The molecule has 0 atom stereocenters. The summed E-state index contributed by atoms with van der Waals surface area (Å²) in [6.45, 7) is 8.20. The molecule has 0 aliphatic rings. The molecule has 0 saturated heterocycles. The van der Waals surface area contributed by atoms with Crippen molar-refractivity contribution < 1.29 is 0 Å². The minimum absolute atomic E-state index is 0.0338. The van der Waals surface area contributed by atoms with Gasteiger partial charge in [-0.25, -0.2) is 4.98 Å². The van der Waals surface area contributed by atoms with Crippen molar-refractivity contribution in [2.45, 2.75) is 42.6 Å². The van der Waals surface area contributed by atoms with E-state index in [4.69, 9.17) is 0 Å². The van der Waals surface area contributed by atoms with Crippen LogP contribution in [0.5, 0.6) is 0 Å². The highest BCUT2D eigenvalue weighted by atomic mass is 32.2. The molecule has 21 heavy (non-hydrogen) atoms. The average molecular weight is 321 g/mol. The van der Waals surface area contributed by atoms with E-state index in [1.165, 1.54) is 29.4 Å². The van der Waals surface area contributed by atoms with Gasteiger partial charge in [-0.05, 0) is 45.5 Å². The van der Waals surface area contributed by atoms with Crippen LogP contribution >= 0.6 is 23.1 Å². The standard InChI is InChI=1S/C12H15N7S2/c1-7-5-8(19-9(15-7)13-6-14-19)20-11-18-17-10(21-11)16-12(2,3)4/h5-6H,1-4H3,(H,16,17). The van der Waals surface area contributed by atoms with Crippen molar-refractivity contribution in [3.05, 3.63) is 18.1 Å². The molecule has 0 aromatic carbocycles. The first-order chi connectivity index (χ1) is 9.90. The van der Waals surface area contributed by atoms with Crippen molar-refractivity contribution in [3.8, 4) is 0 Å². The zero-order chi connectivity index (χ0) is 15.0. The maximum Gasteiger partial charge on any atom is 0.253 e. The molecule has 110 valence electrons. The molecule has 3 rings (SSSR count). The van der Waals surface area contributed by atoms with E-state index in [0.717, 1.165) is 20.2 Å². The maximum atomic E-state index is 4.32. The lowest BCUT2D eigenvalue weighted by Crippen LogP contribution is -2.25. The fourth-order valence-corrected chi connectivity index (χ4v) is 3.73. The van der Waals surface area contributed by atoms with Gasteiger partial charge in [-0.1, -0.05) is 11.3 Å². The smallest absolute Gasteiger partial charge is 0.253 e. The number of nitrogens with one attached hydrogen (secondary N) is 1. The van der Waals surface area contributed by atoms with Gasteiger partial charge in [-0.3, -0.25) is 0 Å². The van der Waals surface area contributed by atoms with E-state index in [9.17, 15) is 0 Å². The fraction of sp³-hybridized carbons (Fsp3) is 0.417. The third-order valence-corrected chi connectivity index (χ3v) is 4.32. The number of hydrogen-bond donors (Lipinski definition) is 1. The Balaban J connectivity index is 1.87. The van der Waals surface area contributed by atoms with Gasteiger partial charge in [0.15, 0.2) is 4.34 Å². The van der Waals surface area contributed by atoms with Gasteiger partial charge in [0.25, 0.3) is 5.78 Å². The molecule has 0 saturated carbocycles. The number of aromatic nitrogens is 6. The molecule has 0 amide bonds. The van der Waals surface area contributed by atoms with E-state index in [1.807, 2.05) is 13.0 Å². The van der Waals surface area contributed by atoms with Crippen LogP contribution in [0.25, 0.3) is 5.78 Å². The van der Waals surface area contributed by atoms with Gasteiger partial charge in [-0.15, -0.1) is 10.2 Å². The first kappa shape index (κ1) is 14.2. The molecular weight excluding hydrogens is 306 g/mol. The molecule has 7 nitrogen and oxygen atoms in total. The van der Waals surface area contributed by atoms with E-state index in [0.29, 0.717) is 5.78 Å². The van der Waals surface area contributed by atoms with E-state index in [1.54, 1.807) is 4.52 Å². The summed E-state index contributed by atoms with van der Waals surface area (Å²) in [6.07, 6.45) is 1.50. The van der Waals surface area contributed by atoms with Crippen molar-refractivity contribution in [1.29, 1.82) is 0 Å². The van der Waals surface area contributed by atoms with E-state index < -0.39 is 0 Å². The number of fused-ring (bicyclic) bond motifs is 1. The van der Waals surface area contributed by atoms with Crippen molar-refractivity contribution in [3.63, 3.8) is 0 Å². The van der Waals surface area contributed by atoms with E-state index in [2.05, 4.69) is 51.4 Å². The molecule has 0 aliphatic carbocycles. The Bertz CT molecular complexity index is 771. The van der Waals surface area contributed by atoms with E-state index in [-0.39, 0.29) is 5.54 Å². The molecule has 0 unspecified atom stereocenters. The van der Waals surface area contributed by atoms with Crippen molar-refractivity contribution in [2.24, 2.45) is 0 Å². The van der Waals surface area contributed by atoms with Gasteiger partial charge in [0.05, 0.1) is 0 Å². The summed E-state index contributed by atoms with van der Waals surface area (Å²) in [7, 11) is 0. The monoisotopic (exact) mass is 321 g/mol. The molecule has 1 N–H and O–H groups in total. The fourth-order valence-electron chi connectivity index (χ4n) is 1.68. The second-order valence-electron chi connectivity index (χ2n) is 5.56. The highest BCUT2D eigenvalue weighted by Gasteiger charge is 2.15. The molecule has 3 aromatic heterocycles. The number of nitrogens with zero attached hydrogens (tertiary/aromatic N) is 6. The highest BCUT2D eigenvalue weighted by Crippen LogP contribution is 2.32. The van der Waals surface area contributed by atoms with Gasteiger partial charge in [0.2, 0.25) is 5.13 Å². The molecule has 0 fully saturated rings. The Labute approximate surface area is 130 Å². The third kappa shape index (κ3) is 3.30. The number of anilines is 1. The van der Waals surface area contributed by atoms with Crippen LogP contribution in [-0.2, 0) is 0 Å². The van der Waals surface area contributed by atoms with Crippen molar-refractivity contribution >= 4 is 34.0 Å². The van der Waals surface area contributed by atoms with Crippen LogP contribution in [-0.4, -0.2) is 35.3 Å². The zero-order valence-corrected chi connectivity index (χ0v) is 13.8. The van der Waals surface area contributed by atoms with Gasteiger partial charge in [-0.2, -0.15) is 14.6 Å². The second kappa shape index (κ2) is 5.23. The Kier molecular flexibility index (Phi) is 3.54. The van der Waals surface area contributed by atoms with Crippen LogP contribution in [0.4, 0.5) is 5.13 Å². The SMILES string of the molecule is Cc1cc(Sc2nnc(NC(C)(C)C)s2)n2ncnc2n1. The molecule has 0 aliphatic heterocycles. The first-order valence-corrected chi connectivity index (χ1v) is 8.01. The molecule has 0 spiro atoms. The Morgan fingerprint density at radius 3 is 2.86 bits per heavy atom. The number of hydrogen-bond acceptors (Lipinski definition) is 8. The Morgan fingerprint density at radius 2 is 2.10 bits per heavy atom. The summed E-state index contributed by atoms with van der Waals surface area (Å²) < 4.78 is 2.56. The summed E-state index contributed by atoms with van der Waals surface area (Å²) >= 11 is 3.03. The highest BCUT2D eigenvalue weighted by molar-refractivity contribution is 8.01. The van der Waals surface area contributed by atoms with Crippen molar-refractivity contribution in [1.82, 2.24) is 29.8 Å². The normalized spacial score (nSPS) is 12.0. The molecule has 0 radical (unpaired) electrons. The summed E-state index contributed by atoms with van der Waals surface area (Å²) in [5, 5.41) is 17.6. The number of aryl methyl sites for hydroxylation is 1. The maximum absolute atomic E-state index is 4.32. The topological polar surface area (TPSA) is 80.9 Å². The average Bonchev–Trinajstić information content (AvgIpc) is 2.96. The summed E-state index contributed by atoms with van der Waals surface area (Å²) in [5.41, 5.74) is 0.865. The first-order valence-electron chi connectivity index (χ1n) is 6.38. The third-order valence-electron chi connectivity index (χ3n) is 2.43. The minimum atomic E-state index is -0.0338. The van der Waals surface area contributed by atoms with Crippen molar-refractivity contribution in [2.75, 3.05) is 5.32 Å². The molecular formula is C12H15N7S2. The zero-order valence-electron chi connectivity index (χ0n) is 12.2. The molecule has 3 aromatic rings. The minimum Gasteiger partial charge on any atom is -0.355 e. The van der Waals surface area contributed by atoms with Gasteiger partial charge < -0.3 is 5.32 Å². The molecule has 0 bridgehead atoms. The van der Waals surface area contributed by atoms with Crippen LogP contribution in [0, 0.1) is 6.92 Å². The summed E-state index contributed by atoms with van der Waals surface area (Å²) in [5.74, 6) is 0.593. The van der Waals surface area contributed by atoms with Gasteiger partial charge >= 0.3 is 0 Å². The Hall–Kier alpha value is -1.74. The summed E-state index contributed by atoms with van der Waals surface area (Å²) in [4.78, 5) is 8.44. The largest absolute Gasteiger partial charge is 0.355 e. The quantitative estimate of drug-likeness (QED) is 0.743.